The summed E-state index contributed by atoms with van der Waals surface area (Å²) >= 11 is 7.64. The molecule has 0 aliphatic carbocycles. The summed E-state index contributed by atoms with van der Waals surface area (Å²) in [6.07, 6.45) is -2.44. The quantitative estimate of drug-likeness (QED) is 0.849. The fourth-order valence-corrected chi connectivity index (χ4v) is 1.66. The highest BCUT2D eigenvalue weighted by atomic mass is 79.9. The molecule has 84 valence electrons. The number of hydrogen-bond acceptors (Lipinski definition) is 1. The Morgan fingerprint density at radius 1 is 1.40 bits per heavy atom. The van der Waals surface area contributed by atoms with Crippen LogP contribution in [0.4, 0.5) is 13.2 Å². The van der Waals surface area contributed by atoms with Gasteiger partial charge in [-0.25, -0.2) is 4.39 Å². The Morgan fingerprint density at radius 3 is 2.47 bits per heavy atom. The maximum absolute atomic E-state index is 12.8. The standard InChI is InChI=1S/C9H7BrClF3O/c10-6-1-5(2-7(12)4-6)3-8(15)9(11,13)14/h1-2,4,8,15H,3H2. The molecule has 1 N–H and O–H groups in total. The van der Waals surface area contributed by atoms with Gasteiger partial charge in [0.1, 0.15) is 11.9 Å². The molecule has 0 bridgehead atoms. The van der Waals surface area contributed by atoms with E-state index in [1.54, 1.807) is 0 Å². The van der Waals surface area contributed by atoms with E-state index in [1.165, 1.54) is 12.1 Å². The van der Waals surface area contributed by atoms with Gasteiger partial charge in [-0.1, -0.05) is 15.9 Å². The van der Waals surface area contributed by atoms with Gasteiger partial charge in [-0.15, -0.1) is 0 Å². The Hall–Kier alpha value is -0.260. The summed E-state index contributed by atoms with van der Waals surface area (Å²) < 4.78 is 38.1. The van der Waals surface area contributed by atoms with Crippen molar-refractivity contribution in [3.63, 3.8) is 0 Å². The van der Waals surface area contributed by atoms with Gasteiger partial charge in [0.25, 0.3) is 0 Å². The van der Waals surface area contributed by atoms with Gasteiger partial charge in [-0.3, -0.25) is 0 Å². The molecular formula is C9H7BrClF3O. The molecule has 0 aliphatic rings. The third kappa shape index (κ3) is 4.01. The minimum absolute atomic E-state index is 0.245. The highest BCUT2D eigenvalue weighted by molar-refractivity contribution is 9.10. The average Bonchev–Trinajstić information content (AvgIpc) is 1.99. The van der Waals surface area contributed by atoms with Gasteiger partial charge < -0.3 is 5.11 Å². The predicted molar refractivity (Wildman–Crippen MR) is 54.6 cm³/mol. The summed E-state index contributed by atoms with van der Waals surface area (Å²) in [7, 11) is 0. The zero-order valence-electron chi connectivity index (χ0n) is 7.35. The summed E-state index contributed by atoms with van der Waals surface area (Å²) in [6, 6.07) is 3.69. The van der Waals surface area contributed by atoms with Crippen LogP contribution in [0.5, 0.6) is 0 Å². The van der Waals surface area contributed by atoms with E-state index in [1.807, 2.05) is 0 Å². The van der Waals surface area contributed by atoms with Gasteiger partial charge in [-0.2, -0.15) is 8.78 Å². The Kier molecular flexibility index (Phi) is 4.03. The summed E-state index contributed by atoms with van der Waals surface area (Å²) in [5.74, 6) is -0.565. The van der Waals surface area contributed by atoms with Gasteiger partial charge >= 0.3 is 5.38 Å². The average molecular weight is 304 g/mol. The largest absolute Gasteiger partial charge is 0.385 e. The van der Waals surface area contributed by atoms with E-state index in [9.17, 15) is 13.2 Å². The summed E-state index contributed by atoms with van der Waals surface area (Å²) in [4.78, 5) is 0. The van der Waals surface area contributed by atoms with Crippen molar-refractivity contribution in [1.29, 1.82) is 0 Å². The fraction of sp³-hybridized carbons (Fsp3) is 0.333. The minimum atomic E-state index is -3.71. The van der Waals surface area contributed by atoms with E-state index in [2.05, 4.69) is 27.5 Å². The maximum Gasteiger partial charge on any atom is 0.347 e. The molecule has 0 heterocycles. The van der Waals surface area contributed by atoms with Crippen LogP contribution < -0.4 is 0 Å². The number of aliphatic hydroxyl groups is 1. The van der Waals surface area contributed by atoms with Crippen LogP contribution in [-0.2, 0) is 6.42 Å². The first-order valence-electron chi connectivity index (χ1n) is 3.99. The topological polar surface area (TPSA) is 20.2 Å². The predicted octanol–water partition coefficient (Wildman–Crippen LogP) is 3.32. The molecule has 1 atom stereocenters. The van der Waals surface area contributed by atoms with E-state index in [0.29, 0.717) is 4.47 Å². The van der Waals surface area contributed by atoms with E-state index < -0.39 is 23.7 Å². The van der Waals surface area contributed by atoms with E-state index in [-0.39, 0.29) is 5.56 Å². The molecule has 1 nitrogen and oxygen atoms in total. The van der Waals surface area contributed by atoms with Crippen LogP contribution in [0.25, 0.3) is 0 Å². The first-order chi connectivity index (χ1) is 6.79. The Bertz CT molecular complexity index is 333. The van der Waals surface area contributed by atoms with E-state index in [4.69, 9.17) is 5.11 Å². The first-order valence-corrected chi connectivity index (χ1v) is 5.16. The number of alkyl halides is 3. The van der Waals surface area contributed by atoms with Gasteiger partial charge in [0.05, 0.1) is 0 Å². The molecule has 0 radical (unpaired) electrons. The Morgan fingerprint density at radius 2 is 2.00 bits per heavy atom. The summed E-state index contributed by atoms with van der Waals surface area (Å²) in [5.41, 5.74) is 0.245. The van der Waals surface area contributed by atoms with Crippen LogP contribution >= 0.6 is 27.5 Å². The first kappa shape index (κ1) is 12.8. The highest BCUT2D eigenvalue weighted by Crippen LogP contribution is 2.27. The number of rotatable bonds is 3. The van der Waals surface area contributed by atoms with Gasteiger partial charge in [0.15, 0.2) is 0 Å². The van der Waals surface area contributed by atoms with Crippen molar-refractivity contribution in [3.8, 4) is 0 Å². The third-order valence-electron chi connectivity index (χ3n) is 1.73. The van der Waals surface area contributed by atoms with Crippen molar-refractivity contribution in [2.24, 2.45) is 0 Å². The molecule has 0 aliphatic heterocycles. The molecule has 0 aromatic heterocycles. The second kappa shape index (κ2) is 4.72. The van der Waals surface area contributed by atoms with Crippen molar-refractivity contribution in [3.05, 3.63) is 34.1 Å². The second-order valence-corrected chi connectivity index (χ2v) is 4.46. The van der Waals surface area contributed by atoms with Crippen LogP contribution in [0.1, 0.15) is 5.56 Å². The van der Waals surface area contributed by atoms with Crippen LogP contribution in [0.2, 0.25) is 0 Å². The summed E-state index contributed by atoms with van der Waals surface area (Å²) in [6.45, 7) is 0. The van der Waals surface area contributed by atoms with Gasteiger partial charge in [0.2, 0.25) is 0 Å². The molecule has 6 heteroatoms. The molecule has 0 saturated heterocycles. The normalized spacial score (nSPS) is 14.0. The lowest BCUT2D eigenvalue weighted by Crippen LogP contribution is -2.29. The number of aliphatic hydroxyl groups excluding tert-OH is 1. The molecule has 1 aromatic carbocycles. The number of halogens is 5. The molecule has 0 saturated carbocycles. The van der Waals surface area contributed by atoms with Gasteiger partial charge in [0, 0.05) is 10.9 Å². The fourth-order valence-electron chi connectivity index (χ4n) is 1.07. The molecule has 0 spiro atoms. The minimum Gasteiger partial charge on any atom is -0.385 e. The molecule has 1 aromatic rings. The third-order valence-corrected chi connectivity index (χ3v) is 2.44. The van der Waals surface area contributed by atoms with Crippen LogP contribution in [0.3, 0.4) is 0 Å². The monoisotopic (exact) mass is 302 g/mol. The van der Waals surface area contributed by atoms with E-state index >= 15 is 0 Å². The highest BCUT2D eigenvalue weighted by Gasteiger charge is 2.35. The lowest BCUT2D eigenvalue weighted by molar-refractivity contribution is -0.0398. The van der Waals surface area contributed by atoms with Crippen LogP contribution in [-0.4, -0.2) is 16.6 Å². The lowest BCUT2D eigenvalue weighted by atomic mass is 10.1. The molecule has 0 amide bonds. The van der Waals surface area contributed by atoms with Crippen molar-refractivity contribution < 1.29 is 18.3 Å². The van der Waals surface area contributed by atoms with Gasteiger partial charge in [-0.05, 0) is 35.4 Å². The molecule has 1 unspecified atom stereocenters. The number of benzene rings is 1. The smallest absolute Gasteiger partial charge is 0.347 e. The number of hydrogen-bond donors (Lipinski definition) is 1. The lowest BCUT2D eigenvalue weighted by Gasteiger charge is -2.15. The van der Waals surface area contributed by atoms with E-state index in [0.717, 1.165) is 6.07 Å². The molecule has 15 heavy (non-hydrogen) atoms. The summed E-state index contributed by atoms with van der Waals surface area (Å²) in [5, 5.41) is 5.29. The van der Waals surface area contributed by atoms with Crippen molar-refractivity contribution in [2.45, 2.75) is 17.9 Å². The second-order valence-electron chi connectivity index (χ2n) is 3.04. The van der Waals surface area contributed by atoms with Crippen LogP contribution in [0, 0.1) is 5.82 Å². The zero-order valence-corrected chi connectivity index (χ0v) is 9.70. The SMILES string of the molecule is OC(Cc1cc(F)cc(Br)c1)C(F)(F)Cl. The van der Waals surface area contributed by atoms with Crippen molar-refractivity contribution in [2.75, 3.05) is 0 Å². The Labute approximate surface area is 98.0 Å². The maximum atomic E-state index is 12.8. The Balaban J connectivity index is 2.81. The molecule has 1 rings (SSSR count). The molecular weight excluding hydrogens is 296 g/mol. The van der Waals surface area contributed by atoms with Crippen molar-refractivity contribution >= 4 is 27.5 Å². The zero-order chi connectivity index (χ0) is 11.6. The molecule has 0 fully saturated rings. The van der Waals surface area contributed by atoms with Crippen molar-refractivity contribution in [1.82, 2.24) is 0 Å². The van der Waals surface area contributed by atoms with Crippen LogP contribution in [0.15, 0.2) is 22.7 Å².